The van der Waals surface area contributed by atoms with Crippen molar-refractivity contribution in [2.75, 3.05) is 0 Å². The Labute approximate surface area is 198 Å². The van der Waals surface area contributed by atoms with Crippen molar-refractivity contribution in [3.63, 3.8) is 0 Å². The summed E-state index contributed by atoms with van der Waals surface area (Å²) in [6.07, 6.45) is 2.24. The first-order chi connectivity index (χ1) is 16.4. The number of nitrogen functional groups attached to an aromatic ring is 2. The van der Waals surface area contributed by atoms with Gasteiger partial charge < -0.3 is 25.4 Å². The Morgan fingerprint density at radius 2 is 1.56 bits per heavy atom. The lowest BCUT2D eigenvalue weighted by Gasteiger charge is -2.21. The van der Waals surface area contributed by atoms with Gasteiger partial charge >= 0.3 is 0 Å². The summed E-state index contributed by atoms with van der Waals surface area (Å²) < 4.78 is 18.3. The maximum atomic E-state index is 7.63. The predicted octanol–water partition coefficient (Wildman–Crippen LogP) is 5.64. The van der Waals surface area contributed by atoms with E-state index in [2.05, 4.69) is 6.92 Å². The van der Waals surface area contributed by atoms with Gasteiger partial charge in [-0.2, -0.15) is 0 Å². The average Bonchev–Trinajstić information content (AvgIpc) is 3.26. The molecule has 1 heterocycles. The summed E-state index contributed by atoms with van der Waals surface area (Å²) >= 11 is 0. The molecule has 0 amide bonds. The summed E-state index contributed by atoms with van der Waals surface area (Å²) in [6.45, 7) is 2.12. The second kappa shape index (κ2) is 10.1. The first kappa shape index (κ1) is 22.9. The number of fused-ring (bicyclic) bond motifs is 1. The van der Waals surface area contributed by atoms with Gasteiger partial charge in [-0.25, -0.2) is 0 Å². The molecule has 0 saturated carbocycles. The number of amidine groups is 2. The van der Waals surface area contributed by atoms with Crippen LogP contribution >= 0.6 is 0 Å². The van der Waals surface area contributed by atoms with Crippen molar-refractivity contribution < 1.29 is 13.9 Å². The highest BCUT2D eigenvalue weighted by Crippen LogP contribution is 2.31. The Bertz CT molecular complexity index is 1310. The quantitative estimate of drug-likeness (QED) is 0.139. The van der Waals surface area contributed by atoms with Crippen LogP contribution in [0.5, 0.6) is 11.5 Å². The van der Waals surface area contributed by atoms with E-state index in [4.69, 9.17) is 36.2 Å². The van der Waals surface area contributed by atoms with E-state index in [1.165, 1.54) is 0 Å². The van der Waals surface area contributed by atoms with Gasteiger partial charge in [0.2, 0.25) is 6.29 Å². The second-order valence-electron chi connectivity index (χ2n) is 8.05. The first-order valence-electron chi connectivity index (χ1n) is 11.2. The molecule has 0 spiro atoms. The summed E-state index contributed by atoms with van der Waals surface area (Å²) in [5.41, 5.74) is 13.9. The van der Waals surface area contributed by atoms with E-state index in [0.29, 0.717) is 34.0 Å². The normalized spacial score (nSPS) is 11.8. The standard InChI is InChI=1S/C27H28N4O3/c1-2-3-7-25(32-21-12-10-17(11-13-21)26(28)29)33-22-6-4-5-18(14-22)23-15-19-8-9-20(27(30)31)16-24(19)34-23/h4-6,8-16,25H,2-3,7H2,1H3,(H3,28,29)(H3,30,31). The predicted molar refractivity (Wildman–Crippen MR) is 135 cm³/mol. The van der Waals surface area contributed by atoms with Crippen LogP contribution in [0.15, 0.2) is 77.2 Å². The minimum absolute atomic E-state index is 0.00398. The molecule has 6 N–H and O–H groups in total. The van der Waals surface area contributed by atoms with Crippen molar-refractivity contribution in [1.29, 1.82) is 10.8 Å². The Morgan fingerprint density at radius 3 is 2.26 bits per heavy atom. The van der Waals surface area contributed by atoms with Crippen LogP contribution in [-0.4, -0.2) is 18.0 Å². The van der Waals surface area contributed by atoms with Crippen LogP contribution in [0.1, 0.15) is 37.3 Å². The van der Waals surface area contributed by atoms with E-state index in [0.717, 1.165) is 30.2 Å². The molecule has 0 saturated heterocycles. The highest BCUT2D eigenvalue weighted by Gasteiger charge is 2.14. The van der Waals surface area contributed by atoms with Crippen molar-refractivity contribution in [1.82, 2.24) is 0 Å². The van der Waals surface area contributed by atoms with Crippen molar-refractivity contribution >= 4 is 22.6 Å². The molecule has 0 aliphatic carbocycles. The highest BCUT2D eigenvalue weighted by atomic mass is 16.7. The van der Waals surface area contributed by atoms with Crippen molar-refractivity contribution in [2.45, 2.75) is 32.5 Å². The van der Waals surface area contributed by atoms with Crippen LogP contribution in [0.25, 0.3) is 22.3 Å². The Kier molecular flexibility index (Phi) is 6.82. The topological polar surface area (TPSA) is 131 Å². The van der Waals surface area contributed by atoms with Crippen LogP contribution < -0.4 is 20.9 Å². The minimum Gasteiger partial charge on any atom is -0.456 e. The number of nitrogens with two attached hydrogens (primary N) is 2. The van der Waals surface area contributed by atoms with Crippen LogP contribution in [-0.2, 0) is 0 Å². The molecule has 0 fully saturated rings. The maximum Gasteiger partial charge on any atom is 0.241 e. The smallest absolute Gasteiger partial charge is 0.241 e. The molecule has 34 heavy (non-hydrogen) atoms. The van der Waals surface area contributed by atoms with Gasteiger partial charge in [-0.1, -0.05) is 37.6 Å². The van der Waals surface area contributed by atoms with Gasteiger partial charge in [-0.05, 0) is 55.0 Å². The lowest BCUT2D eigenvalue weighted by atomic mass is 10.1. The Balaban J connectivity index is 1.54. The highest BCUT2D eigenvalue weighted by molar-refractivity contribution is 5.98. The summed E-state index contributed by atoms with van der Waals surface area (Å²) in [6, 6.07) is 22.2. The zero-order valence-electron chi connectivity index (χ0n) is 19.0. The van der Waals surface area contributed by atoms with Gasteiger partial charge in [0.25, 0.3) is 0 Å². The van der Waals surface area contributed by atoms with Crippen molar-refractivity contribution in [2.24, 2.45) is 11.5 Å². The van der Waals surface area contributed by atoms with Gasteiger partial charge in [0.15, 0.2) is 0 Å². The Morgan fingerprint density at radius 1 is 0.853 bits per heavy atom. The largest absolute Gasteiger partial charge is 0.456 e. The first-order valence-corrected chi connectivity index (χ1v) is 11.2. The van der Waals surface area contributed by atoms with Crippen LogP contribution in [0.4, 0.5) is 0 Å². The maximum absolute atomic E-state index is 7.63. The SMILES string of the molecule is CCCCC(Oc1ccc(C(=N)N)cc1)Oc1cccc(-c2cc3ccc(C(=N)N)cc3o2)c1. The number of unbranched alkanes of at least 4 members (excludes halogenated alkanes) is 1. The van der Waals surface area contributed by atoms with E-state index in [9.17, 15) is 0 Å². The molecule has 1 unspecified atom stereocenters. The van der Waals surface area contributed by atoms with Gasteiger partial charge in [0.1, 0.15) is 34.5 Å². The zero-order valence-corrected chi connectivity index (χ0v) is 19.0. The fourth-order valence-corrected chi connectivity index (χ4v) is 3.59. The molecule has 0 radical (unpaired) electrons. The molecule has 7 heteroatoms. The minimum atomic E-state index is -0.466. The number of furan rings is 1. The molecular formula is C27H28N4O3. The van der Waals surface area contributed by atoms with E-state index in [-0.39, 0.29) is 11.7 Å². The third-order valence-electron chi connectivity index (χ3n) is 5.44. The Hall–Kier alpha value is -4.26. The number of ether oxygens (including phenoxy) is 2. The average molecular weight is 457 g/mol. The molecule has 0 aliphatic rings. The summed E-state index contributed by atoms with van der Waals surface area (Å²) in [7, 11) is 0. The molecule has 0 aliphatic heterocycles. The number of hydrogen-bond acceptors (Lipinski definition) is 5. The summed E-state index contributed by atoms with van der Waals surface area (Å²) in [5, 5.41) is 16.1. The molecule has 0 bridgehead atoms. The van der Waals surface area contributed by atoms with E-state index >= 15 is 0 Å². The monoisotopic (exact) mass is 456 g/mol. The van der Waals surface area contributed by atoms with Gasteiger partial charge in [-0.15, -0.1) is 0 Å². The molecule has 4 aromatic rings. The fraction of sp³-hybridized carbons (Fsp3) is 0.185. The number of benzene rings is 3. The van der Waals surface area contributed by atoms with Crippen LogP contribution in [0.2, 0.25) is 0 Å². The van der Waals surface area contributed by atoms with Gasteiger partial charge in [0, 0.05) is 28.5 Å². The molecular weight excluding hydrogens is 428 g/mol. The third-order valence-corrected chi connectivity index (χ3v) is 5.44. The summed E-state index contributed by atoms with van der Waals surface area (Å²) in [4.78, 5) is 0. The van der Waals surface area contributed by atoms with Crippen molar-refractivity contribution in [3.8, 4) is 22.8 Å². The van der Waals surface area contributed by atoms with E-state index in [1.54, 1.807) is 30.3 Å². The van der Waals surface area contributed by atoms with E-state index in [1.807, 2.05) is 42.5 Å². The fourth-order valence-electron chi connectivity index (χ4n) is 3.59. The summed E-state index contributed by atoms with van der Waals surface area (Å²) in [5.74, 6) is 2.05. The van der Waals surface area contributed by atoms with Gasteiger partial charge in [0.05, 0.1) is 0 Å². The molecule has 1 aromatic heterocycles. The lowest BCUT2D eigenvalue weighted by Crippen LogP contribution is -2.24. The number of hydrogen-bond donors (Lipinski definition) is 4. The van der Waals surface area contributed by atoms with E-state index < -0.39 is 6.29 Å². The molecule has 3 aromatic carbocycles. The third kappa shape index (κ3) is 5.38. The van der Waals surface area contributed by atoms with Gasteiger partial charge in [-0.3, -0.25) is 10.8 Å². The lowest BCUT2D eigenvalue weighted by molar-refractivity contribution is -0.00209. The zero-order chi connectivity index (χ0) is 24.1. The number of rotatable bonds is 10. The molecule has 1 atom stereocenters. The van der Waals surface area contributed by atoms with Crippen molar-refractivity contribution in [3.05, 3.63) is 83.9 Å². The second-order valence-corrected chi connectivity index (χ2v) is 8.05. The molecule has 174 valence electrons. The molecule has 7 nitrogen and oxygen atoms in total. The van der Waals surface area contributed by atoms with Crippen LogP contribution in [0.3, 0.4) is 0 Å². The van der Waals surface area contributed by atoms with Crippen LogP contribution in [0, 0.1) is 10.8 Å². The number of nitrogens with one attached hydrogen (secondary N) is 2. The molecule has 4 rings (SSSR count).